The molecule has 0 radical (unpaired) electrons. The van der Waals surface area contributed by atoms with E-state index in [0.29, 0.717) is 11.6 Å². The molecule has 2 amide bonds. The van der Waals surface area contributed by atoms with Gasteiger partial charge in [-0.3, -0.25) is 0 Å². The first kappa shape index (κ1) is 15.6. The first-order valence-corrected chi connectivity index (χ1v) is 6.96. The third kappa shape index (κ3) is 3.65. The van der Waals surface area contributed by atoms with Gasteiger partial charge in [-0.25, -0.2) is 9.59 Å². The van der Waals surface area contributed by atoms with E-state index in [4.69, 9.17) is 16.3 Å². The lowest BCUT2D eigenvalue weighted by Crippen LogP contribution is -2.57. The normalized spacial score (nSPS) is 22.6. The summed E-state index contributed by atoms with van der Waals surface area (Å²) < 4.78 is 5.09. The van der Waals surface area contributed by atoms with Crippen molar-refractivity contribution in [3.8, 4) is 0 Å². The number of carbonyl (C=O) groups excluding carboxylic acids is 1. The molecule has 1 fully saturated rings. The molecular formula is C14H17ClN2O4. The van der Waals surface area contributed by atoms with Gasteiger partial charge in [0.2, 0.25) is 0 Å². The van der Waals surface area contributed by atoms with Crippen molar-refractivity contribution in [2.75, 3.05) is 13.2 Å². The minimum absolute atomic E-state index is 0.0265. The topological polar surface area (TPSA) is 87.7 Å². The highest BCUT2D eigenvalue weighted by Crippen LogP contribution is 2.20. The Morgan fingerprint density at radius 3 is 2.81 bits per heavy atom. The van der Waals surface area contributed by atoms with E-state index in [1.807, 2.05) is 6.07 Å². The van der Waals surface area contributed by atoms with Crippen LogP contribution in [0, 0.1) is 0 Å². The van der Waals surface area contributed by atoms with Crippen molar-refractivity contribution in [2.45, 2.75) is 24.9 Å². The largest absolute Gasteiger partial charge is 0.479 e. The third-order valence-electron chi connectivity index (χ3n) is 3.48. The van der Waals surface area contributed by atoms with E-state index in [-0.39, 0.29) is 19.1 Å². The molecule has 1 saturated heterocycles. The number of aliphatic carboxylic acids is 1. The average Bonchev–Trinajstić information content (AvgIpc) is 2.88. The van der Waals surface area contributed by atoms with Crippen molar-refractivity contribution in [2.24, 2.45) is 0 Å². The molecule has 7 heteroatoms. The highest BCUT2D eigenvalue weighted by atomic mass is 35.5. The van der Waals surface area contributed by atoms with Gasteiger partial charge in [0, 0.05) is 18.1 Å². The molecule has 0 spiro atoms. The number of carbonyl (C=O) groups is 2. The molecule has 0 bridgehead atoms. The second-order valence-electron chi connectivity index (χ2n) is 5.07. The number of benzene rings is 1. The van der Waals surface area contributed by atoms with Crippen LogP contribution in [0.2, 0.25) is 5.02 Å². The van der Waals surface area contributed by atoms with E-state index >= 15 is 0 Å². The fraction of sp³-hybridized carbons (Fsp3) is 0.429. The summed E-state index contributed by atoms with van der Waals surface area (Å²) in [5.41, 5.74) is -0.511. The average molecular weight is 313 g/mol. The smallest absolute Gasteiger partial charge is 0.332 e. The van der Waals surface area contributed by atoms with Gasteiger partial charge < -0.3 is 20.5 Å². The summed E-state index contributed by atoms with van der Waals surface area (Å²) in [5.74, 6) is -1.09. The van der Waals surface area contributed by atoms with Crippen molar-refractivity contribution >= 4 is 23.6 Å². The van der Waals surface area contributed by atoms with Gasteiger partial charge in [0.05, 0.1) is 12.6 Å². The highest BCUT2D eigenvalue weighted by Gasteiger charge is 2.44. The Morgan fingerprint density at radius 1 is 1.48 bits per heavy atom. The van der Waals surface area contributed by atoms with Crippen LogP contribution in [0.4, 0.5) is 4.79 Å². The molecule has 6 nitrogen and oxygen atoms in total. The number of urea groups is 1. The van der Waals surface area contributed by atoms with Gasteiger partial charge in [-0.15, -0.1) is 0 Å². The number of nitrogens with one attached hydrogen (secondary N) is 2. The van der Waals surface area contributed by atoms with Crippen LogP contribution in [0.15, 0.2) is 24.3 Å². The van der Waals surface area contributed by atoms with Gasteiger partial charge in [0.1, 0.15) is 0 Å². The summed E-state index contributed by atoms with van der Waals surface area (Å²) in [5, 5.41) is 15.0. The second kappa shape index (κ2) is 6.32. The third-order valence-corrected chi connectivity index (χ3v) is 3.72. The van der Waals surface area contributed by atoms with E-state index in [0.717, 1.165) is 5.56 Å². The molecule has 21 heavy (non-hydrogen) atoms. The van der Waals surface area contributed by atoms with E-state index in [2.05, 4.69) is 10.6 Å². The Bertz CT molecular complexity index is 544. The maximum atomic E-state index is 12.0. The summed E-state index contributed by atoms with van der Waals surface area (Å²) >= 11 is 5.90. The van der Waals surface area contributed by atoms with Crippen molar-refractivity contribution in [3.05, 3.63) is 34.9 Å². The fourth-order valence-corrected chi connectivity index (χ4v) is 2.39. The number of amides is 2. The SMILES string of the molecule is CC(NC(=O)NC1(C(=O)O)CCOC1)c1cccc(Cl)c1. The molecule has 0 aliphatic carbocycles. The maximum Gasteiger partial charge on any atom is 0.332 e. The standard InChI is InChI=1S/C14H17ClN2O4/c1-9(10-3-2-4-11(15)7-10)16-13(20)17-14(12(18)19)5-6-21-8-14/h2-4,7,9H,5-6,8H2,1H3,(H,18,19)(H2,16,17,20). The van der Waals surface area contributed by atoms with Crippen LogP contribution in [0.1, 0.15) is 24.9 Å². The van der Waals surface area contributed by atoms with Crippen LogP contribution < -0.4 is 10.6 Å². The zero-order valence-electron chi connectivity index (χ0n) is 11.6. The van der Waals surface area contributed by atoms with Crippen LogP contribution in [0.5, 0.6) is 0 Å². The molecule has 1 aliphatic heterocycles. The maximum absolute atomic E-state index is 12.0. The van der Waals surface area contributed by atoms with E-state index in [1.54, 1.807) is 25.1 Å². The number of rotatable bonds is 4. The number of hydrogen-bond acceptors (Lipinski definition) is 3. The van der Waals surface area contributed by atoms with E-state index in [9.17, 15) is 14.7 Å². The number of halogens is 1. The number of ether oxygens (including phenoxy) is 1. The fourth-order valence-electron chi connectivity index (χ4n) is 2.20. The Morgan fingerprint density at radius 2 is 2.24 bits per heavy atom. The predicted octanol–water partition coefficient (Wildman–Crippen LogP) is 1.94. The summed E-state index contributed by atoms with van der Waals surface area (Å²) in [7, 11) is 0. The van der Waals surface area contributed by atoms with Gasteiger partial charge in [-0.05, 0) is 24.6 Å². The molecule has 1 aliphatic rings. The zero-order valence-corrected chi connectivity index (χ0v) is 12.3. The summed E-state index contributed by atoms with van der Waals surface area (Å²) in [6.07, 6.45) is 0.251. The zero-order chi connectivity index (χ0) is 15.5. The van der Waals surface area contributed by atoms with Gasteiger partial charge in [-0.2, -0.15) is 0 Å². The van der Waals surface area contributed by atoms with Gasteiger partial charge in [-0.1, -0.05) is 23.7 Å². The van der Waals surface area contributed by atoms with Crippen LogP contribution >= 0.6 is 11.6 Å². The molecule has 2 unspecified atom stereocenters. The molecule has 1 aromatic rings. The Hall–Kier alpha value is -1.79. The van der Waals surface area contributed by atoms with Crippen molar-refractivity contribution in [3.63, 3.8) is 0 Å². The lowest BCUT2D eigenvalue weighted by Gasteiger charge is -2.25. The van der Waals surface area contributed by atoms with Crippen LogP contribution in [-0.2, 0) is 9.53 Å². The minimum Gasteiger partial charge on any atom is -0.479 e. The molecule has 3 N–H and O–H groups in total. The Labute approximate surface area is 127 Å². The molecule has 2 atom stereocenters. The molecule has 114 valence electrons. The van der Waals surface area contributed by atoms with Crippen LogP contribution in [-0.4, -0.2) is 35.9 Å². The summed E-state index contributed by atoms with van der Waals surface area (Å²) in [4.78, 5) is 23.3. The Balaban J connectivity index is 1.99. The molecule has 0 saturated carbocycles. The number of carboxylic acids is 1. The van der Waals surface area contributed by atoms with Crippen molar-refractivity contribution in [1.29, 1.82) is 0 Å². The first-order valence-electron chi connectivity index (χ1n) is 6.58. The monoisotopic (exact) mass is 312 g/mol. The lowest BCUT2D eigenvalue weighted by atomic mass is 9.99. The van der Waals surface area contributed by atoms with Crippen molar-refractivity contribution in [1.82, 2.24) is 10.6 Å². The highest BCUT2D eigenvalue weighted by molar-refractivity contribution is 6.30. The van der Waals surface area contributed by atoms with Gasteiger partial charge in [0.15, 0.2) is 5.54 Å². The molecule has 2 rings (SSSR count). The number of hydrogen-bond donors (Lipinski definition) is 3. The van der Waals surface area contributed by atoms with Gasteiger partial charge >= 0.3 is 12.0 Å². The number of carboxylic acid groups (broad SMARTS) is 1. The molecule has 1 heterocycles. The molecular weight excluding hydrogens is 296 g/mol. The van der Waals surface area contributed by atoms with Crippen LogP contribution in [0.25, 0.3) is 0 Å². The first-order chi connectivity index (χ1) is 9.93. The minimum atomic E-state index is -1.35. The molecule has 1 aromatic carbocycles. The van der Waals surface area contributed by atoms with Crippen LogP contribution in [0.3, 0.4) is 0 Å². The predicted molar refractivity (Wildman–Crippen MR) is 77.3 cm³/mol. The van der Waals surface area contributed by atoms with E-state index in [1.165, 1.54) is 0 Å². The Kier molecular flexibility index (Phi) is 4.69. The second-order valence-corrected chi connectivity index (χ2v) is 5.50. The summed E-state index contributed by atoms with van der Waals surface area (Å²) in [6.45, 7) is 2.08. The lowest BCUT2D eigenvalue weighted by molar-refractivity contribution is -0.144. The summed E-state index contributed by atoms with van der Waals surface area (Å²) in [6, 6.07) is 6.28. The quantitative estimate of drug-likeness (QED) is 0.793. The molecule has 0 aromatic heterocycles. The van der Waals surface area contributed by atoms with E-state index < -0.39 is 17.5 Å². The van der Waals surface area contributed by atoms with Crippen molar-refractivity contribution < 1.29 is 19.4 Å². The van der Waals surface area contributed by atoms with Gasteiger partial charge in [0.25, 0.3) is 0 Å².